The molecule has 1 fully saturated rings. The first-order valence-electron chi connectivity index (χ1n) is 10.5. The van der Waals surface area contributed by atoms with Crippen molar-refractivity contribution in [2.24, 2.45) is 0 Å². The lowest BCUT2D eigenvalue weighted by molar-refractivity contribution is 0.426. The lowest BCUT2D eigenvalue weighted by Gasteiger charge is -2.29. The topological polar surface area (TPSA) is 102 Å². The SMILES string of the molecule is CC(C)c1noc2ccc3cnc(N[C@H]4CC[C@H](Nc5ncccn5)CC4)nc3c12. The van der Waals surface area contributed by atoms with Crippen LogP contribution in [-0.4, -0.2) is 37.2 Å². The molecule has 8 heteroatoms. The van der Waals surface area contributed by atoms with Crippen LogP contribution in [0.15, 0.2) is 41.3 Å². The molecule has 154 valence electrons. The number of hydrogen-bond acceptors (Lipinski definition) is 8. The number of aromatic nitrogens is 5. The number of rotatable bonds is 5. The van der Waals surface area contributed by atoms with E-state index in [1.165, 1.54) is 0 Å². The molecule has 0 bridgehead atoms. The van der Waals surface area contributed by atoms with Crippen LogP contribution in [0.1, 0.15) is 51.1 Å². The lowest BCUT2D eigenvalue weighted by Crippen LogP contribution is -2.33. The molecule has 0 unspecified atom stereocenters. The average Bonchev–Trinajstić information content (AvgIpc) is 3.21. The Morgan fingerprint density at radius 2 is 1.63 bits per heavy atom. The van der Waals surface area contributed by atoms with E-state index < -0.39 is 0 Å². The highest BCUT2D eigenvalue weighted by Gasteiger charge is 2.23. The van der Waals surface area contributed by atoms with Crippen LogP contribution < -0.4 is 10.6 Å². The molecule has 1 aliphatic carbocycles. The third-order valence-corrected chi connectivity index (χ3v) is 5.72. The van der Waals surface area contributed by atoms with Crippen molar-refractivity contribution in [1.29, 1.82) is 0 Å². The second kappa shape index (κ2) is 7.85. The van der Waals surface area contributed by atoms with Crippen LogP contribution in [0, 0.1) is 0 Å². The third kappa shape index (κ3) is 3.65. The molecular weight excluding hydrogens is 378 g/mol. The first-order chi connectivity index (χ1) is 14.7. The van der Waals surface area contributed by atoms with Crippen molar-refractivity contribution in [3.63, 3.8) is 0 Å². The number of anilines is 2. The molecule has 0 aliphatic heterocycles. The lowest BCUT2D eigenvalue weighted by atomic mass is 9.91. The first-order valence-corrected chi connectivity index (χ1v) is 10.5. The first kappa shape index (κ1) is 18.7. The molecule has 1 aliphatic rings. The molecule has 0 saturated heterocycles. The standard InChI is InChI=1S/C22H25N7O/c1-13(2)19-18-17(30-29-19)9-4-14-12-25-22(28-20(14)18)27-16-7-5-15(6-8-16)26-21-23-10-3-11-24-21/h3-4,9-13,15-16H,5-8H2,1-2H3,(H,23,24,26)(H,25,27,28)/t15-,16-. The van der Waals surface area contributed by atoms with Crippen LogP contribution in [0.3, 0.4) is 0 Å². The Morgan fingerprint density at radius 1 is 0.933 bits per heavy atom. The summed E-state index contributed by atoms with van der Waals surface area (Å²) >= 11 is 0. The smallest absolute Gasteiger partial charge is 0.223 e. The Hall–Kier alpha value is -3.29. The van der Waals surface area contributed by atoms with E-state index in [4.69, 9.17) is 9.51 Å². The second-order valence-electron chi connectivity index (χ2n) is 8.20. The van der Waals surface area contributed by atoms with Gasteiger partial charge in [0.25, 0.3) is 0 Å². The van der Waals surface area contributed by atoms with Gasteiger partial charge in [-0.25, -0.2) is 19.9 Å². The van der Waals surface area contributed by atoms with Crippen LogP contribution in [0.5, 0.6) is 0 Å². The van der Waals surface area contributed by atoms with Crippen LogP contribution in [0.4, 0.5) is 11.9 Å². The van der Waals surface area contributed by atoms with Crippen molar-refractivity contribution >= 4 is 33.8 Å². The van der Waals surface area contributed by atoms with Crippen LogP contribution >= 0.6 is 0 Å². The van der Waals surface area contributed by atoms with Crippen molar-refractivity contribution in [2.45, 2.75) is 57.5 Å². The number of nitrogens with one attached hydrogen (secondary N) is 2. The summed E-state index contributed by atoms with van der Waals surface area (Å²) in [5.74, 6) is 1.62. The van der Waals surface area contributed by atoms with Gasteiger partial charge in [0.05, 0.1) is 16.6 Å². The highest BCUT2D eigenvalue weighted by atomic mass is 16.5. The minimum Gasteiger partial charge on any atom is -0.356 e. The van der Waals surface area contributed by atoms with E-state index >= 15 is 0 Å². The number of hydrogen-bond donors (Lipinski definition) is 2. The monoisotopic (exact) mass is 403 g/mol. The molecule has 0 radical (unpaired) electrons. The van der Waals surface area contributed by atoms with Gasteiger partial charge in [-0.05, 0) is 49.8 Å². The summed E-state index contributed by atoms with van der Waals surface area (Å²) in [5.41, 5.74) is 2.60. The maximum absolute atomic E-state index is 5.52. The summed E-state index contributed by atoms with van der Waals surface area (Å²) < 4.78 is 5.52. The van der Waals surface area contributed by atoms with Crippen molar-refractivity contribution in [3.05, 3.63) is 42.5 Å². The Bertz CT molecular complexity index is 1150. The van der Waals surface area contributed by atoms with Gasteiger partial charge in [-0.3, -0.25) is 0 Å². The zero-order valence-corrected chi connectivity index (χ0v) is 17.2. The second-order valence-corrected chi connectivity index (χ2v) is 8.20. The predicted octanol–water partition coefficient (Wildman–Crippen LogP) is 4.52. The van der Waals surface area contributed by atoms with E-state index in [0.717, 1.165) is 53.2 Å². The van der Waals surface area contributed by atoms with E-state index in [2.05, 4.69) is 44.6 Å². The normalized spacial score (nSPS) is 19.4. The molecule has 4 aromatic rings. The van der Waals surface area contributed by atoms with Gasteiger partial charge in [0, 0.05) is 36.1 Å². The van der Waals surface area contributed by atoms with Crippen molar-refractivity contribution in [1.82, 2.24) is 25.1 Å². The van der Waals surface area contributed by atoms with Gasteiger partial charge in [0.1, 0.15) is 0 Å². The van der Waals surface area contributed by atoms with Gasteiger partial charge in [0.15, 0.2) is 5.58 Å². The highest BCUT2D eigenvalue weighted by Crippen LogP contribution is 2.31. The Morgan fingerprint density at radius 3 is 2.33 bits per heavy atom. The summed E-state index contributed by atoms with van der Waals surface area (Å²) in [6, 6.07) is 6.50. The van der Waals surface area contributed by atoms with Gasteiger partial charge in [0.2, 0.25) is 11.9 Å². The quantitative estimate of drug-likeness (QED) is 0.501. The van der Waals surface area contributed by atoms with E-state index in [1.54, 1.807) is 12.4 Å². The molecule has 0 atom stereocenters. The Balaban J connectivity index is 1.31. The van der Waals surface area contributed by atoms with E-state index in [9.17, 15) is 0 Å². The van der Waals surface area contributed by atoms with Gasteiger partial charge < -0.3 is 15.2 Å². The van der Waals surface area contributed by atoms with E-state index in [1.807, 2.05) is 24.4 Å². The maximum Gasteiger partial charge on any atom is 0.223 e. The van der Waals surface area contributed by atoms with Crippen LogP contribution in [0.25, 0.3) is 21.9 Å². The summed E-state index contributed by atoms with van der Waals surface area (Å²) in [5, 5.41) is 13.2. The molecule has 0 spiro atoms. The molecule has 5 rings (SSSR count). The number of fused-ring (bicyclic) bond motifs is 3. The van der Waals surface area contributed by atoms with Crippen molar-refractivity contribution in [2.75, 3.05) is 10.6 Å². The predicted molar refractivity (Wildman–Crippen MR) is 117 cm³/mol. The molecule has 1 aromatic carbocycles. The fourth-order valence-electron chi connectivity index (χ4n) is 4.13. The summed E-state index contributed by atoms with van der Waals surface area (Å²) in [6.07, 6.45) is 9.59. The van der Waals surface area contributed by atoms with E-state index in [-0.39, 0.29) is 5.92 Å². The van der Waals surface area contributed by atoms with Crippen LogP contribution in [0.2, 0.25) is 0 Å². The van der Waals surface area contributed by atoms with Gasteiger partial charge >= 0.3 is 0 Å². The fourth-order valence-corrected chi connectivity index (χ4v) is 4.13. The molecule has 2 N–H and O–H groups in total. The molecule has 8 nitrogen and oxygen atoms in total. The average molecular weight is 403 g/mol. The number of nitrogens with zero attached hydrogens (tertiary/aromatic N) is 5. The zero-order chi connectivity index (χ0) is 20.5. The fraction of sp³-hybridized carbons (Fsp3) is 0.409. The van der Waals surface area contributed by atoms with Gasteiger partial charge in [-0.1, -0.05) is 19.0 Å². The van der Waals surface area contributed by atoms with Gasteiger partial charge in [-0.2, -0.15) is 0 Å². The minimum atomic E-state index is 0.264. The summed E-state index contributed by atoms with van der Waals surface area (Å²) in [7, 11) is 0. The highest BCUT2D eigenvalue weighted by molar-refractivity contribution is 6.04. The summed E-state index contributed by atoms with van der Waals surface area (Å²) in [4.78, 5) is 17.9. The van der Waals surface area contributed by atoms with E-state index in [0.29, 0.717) is 24.0 Å². The van der Waals surface area contributed by atoms with Gasteiger partial charge in [-0.15, -0.1) is 0 Å². The molecule has 3 heterocycles. The molecule has 0 amide bonds. The minimum absolute atomic E-state index is 0.264. The zero-order valence-electron chi connectivity index (χ0n) is 17.2. The van der Waals surface area contributed by atoms with Crippen molar-refractivity contribution in [3.8, 4) is 0 Å². The molecule has 1 saturated carbocycles. The summed E-state index contributed by atoms with van der Waals surface area (Å²) in [6.45, 7) is 4.23. The molecular formula is C22H25N7O. The maximum atomic E-state index is 5.52. The van der Waals surface area contributed by atoms with Crippen LogP contribution in [-0.2, 0) is 0 Å². The molecule has 3 aromatic heterocycles. The third-order valence-electron chi connectivity index (χ3n) is 5.72. The van der Waals surface area contributed by atoms with Crippen molar-refractivity contribution < 1.29 is 4.52 Å². The Labute approximate surface area is 174 Å². The molecule has 30 heavy (non-hydrogen) atoms. The largest absolute Gasteiger partial charge is 0.356 e. The Kier molecular flexibility index (Phi) is 4.90. The number of benzene rings is 1.